The van der Waals surface area contributed by atoms with Crippen LogP contribution in [-0.2, 0) is 11.2 Å². The molecule has 3 amide bonds. The molecule has 3 aromatic rings. The van der Waals surface area contributed by atoms with Crippen LogP contribution in [0.2, 0.25) is 0 Å². The van der Waals surface area contributed by atoms with Crippen LogP contribution in [0.3, 0.4) is 0 Å². The van der Waals surface area contributed by atoms with Crippen molar-refractivity contribution in [3.63, 3.8) is 0 Å². The van der Waals surface area contributed by atoms with Gasteiger partial charge in [0.15, 0.2) is 5.13 Å². The van der Waals surface area contributed by atoms with Gasteiger partial charge in [-0.15, -0.1) is 11.3 Å². The fourth-order valence-corrected chi connectivity index (χ4v) is 4.47. The molecule has 1 fully saturated rings. The van der Waals surface area contributed by atoms with Crippen molar-refractivity contribution in [2.45, 2.75) is 26.2 Å². The first-order valence-corrected chi connectivity index (χ1v) is 11.9. The van der Waals surface area contributed by atoms with Crippen LogP contribution in [0.25, 0.3) is 0 Å². The Bertz CT molecular complexity index is 1090. The van der Waals surface area contributed by atoms with Crippen LogP contribution in [0.15, 0.2) is 54.0 Å². The number of pyridine rings is 1. The Morgan fingerprint density at radius 1 is 1.03 bits per heavy atom. The van der Waals surface area contributed by atoms with Crippen LogP contribution in [0, 0.1) is 0 Å². The number of aromatic nitrogens is 2. The van der Waals surface area contributed by atoms with E-state index in [0.29, 0.717) is 29.8 Å². The van der Waals surface area contributed by atoms with Crippen LogP contribution in [0.1, 0.15) is 31.0 Å². The molecular formula is C24H28N6O2S. The quantitative estimate of drug-likeness (QED) is 0.571. The summed E-state index contributed by atoms with van der Waals surface area (Å²) in [5, 5.41) is 8.15. The van der Waals surface area contributed by atoms with Gasteiger partial charge in [-0.05, 0) is 29.7 Å². The Hall–Kier alpha value is -3.46. The number of anilines is 3. The molecule has 1 aliphatic heterocycles. The smallest absolute Gasteiger partial charge is 0.323 e. The molecule has 0 radical (unpaired) electrons. The monoisotopic (exact) mass is 464 g/mol. The lowest BCUT2D eigenvalue weighted by molar-refractivity contribution is -0.115. The molecule has 33 heavy (non-hydrogen) atoms. The molecule has 0 unspecified atom stereocenters. The van der Waals surface area contributed by atoms with Crippen molar-refractivity contribution in [3.8, 4) is 0 Å². The standard InChI is InChI=1S/C24H28N6O2S/c1-17(2)19-7-3-4-8-20(19)27-22(31)15-18-16-33-23(26-18)28-24(32)30-13-11-29(12-14-30)21-9-5-6-10-25-21/h3-10,16-17H,11-15H2,1-2H3,(H,27,31)(H,26,28,32). The van der Waals surface area contributed by atoms with E-state index in [1.807, 2.05) is 47.8 Å². The summed E-state index contributed by atoms with van der Waals surface area (Å²) in [6.07, 6.45) is 1.93. The molecule has 1 saturated heterocycles. The third-order valence-electron chi connectivity index (χ3n) is 5.50. The second kappa shape index (κ2) is 10.4. The zero-order chi connectivity index (χ0) is 23.2. The number of hydrogen-bond acceptors (Lipinski definition) is 6. The highest BCUT2D eigenvalue weighted by Gasteiger charge is 2.22. The first kappa shape index (κ1) is 22.7. The van der Waals surface area contributed by atoms with E-state index in [2.05, 4.69) is 39.3 Å². The van der Waals surface area contributed by atoms with Crippen molar-refractivity contribution in [2.24, 2.45) is 0 Å². The van der Waals surface area contributed by atoms with E-state index in [1.165, 1.54) is 11.3 Å². The molecule has 0 aliphatic carbocycles. The van der Waals surface area contributed by atoms with Crippen molar-refractivity contribution < 1.29 is 9.59 Å². The second-order valence-electron chi connectivity index (χ2n) is 8.20. The van der Waals surface area contributed by atoms with E-state index in [9.17, 15) is 9.59 Å². The predicted octanol–water partition coefficient (Wildman–Crippen LogP) is 4.20. The van der Waals surface area contributed by atoms with Gasteiger partial charge in [0.2, 0.25) is 5.91 Å². The molecule has 9 heteroatoms. The minimum absolute atomic E-state index is 0.128. The van der Waals surface area contributed by atoms with Crippen LogP contribution < -0.4 is 15.5 Å². The van der Waals surface area contributed by atoms with E-state index in [0.717, 1.165) is 30.2 Å². The normalized spacial score (nSPS) is 13.8. The molecule has 3 heterocycles. The highest BCUT2D eigenvalue weighted by Crippen LogP contribution is 2.24. The number of hydrogen-bond donors (Lipinski definition) is 2. The zero-order valence-electron chi connectivity index (χ0n) is 18.8. The third kappa shape index (κ3) is 5.87. The number of nitrogens with one attached hydrogen (secondary N) is 2. The second-order valence-corrected chi connectivity index (χ2v) is 9.06. The van der Waals surface area contributed by atoms with Gasteiger partial charge < -0.3 is 15.1 Å². The predicted molar refractivity (Wildman–Crippen MR) is 132 cm³/mol. The maximum atomic E-state index is 12.7. The summed E-state index contributed by atoms with van der Waals surface area (Å²) < 4.78 is 0. The fraction of sp³-hybridized carbons (Fsp3) is 0.333. The third-order valence-corrected chi connectivity index (χ3v) is 6.31. The molecule has 2 N–H and O–H groups in total. The number of nitrogens with zero attached hydrogens (tertiary/aromatic N) is 4. The first-order chi connectivity index (χ1) is 16.0. The number of rotatable bonds is 6. The lowest BCUT2D eigenvalue weighted by Crippen LogP contribution is -2.50. The van der Waals surface area contributed by atoms with E-state index in [4.69, 9.17) is 0 Å². The number of thiazole rings is 1. The summed E-state index contributed by atoms with van der Waals surface area (Å²) in [5.41, 5.74) is 2.56. The maximum absolute atomic E-state index is 12.7. The molecule has 2 aromatic heterocycles. The minimum atomic E-state index is -0.174. The van der Waals surface area contributed by atoms with Crippen LogP contribution in [0.5, 0.6) is 0 Å². The van der Waals surface area contributed by atoms with E-state index >= 15 is 0 Å². The summed E-state index contributed by atoms with van der Waals surface area (Å²) in [4.78, 5) is 37.9. The summed E-state index contributed by atoms with van der Waals surface area (Å²) in [6.45, 7) is 6.87. The van der Waals surface area contributed by atoms with Crippen molar-refractivity contribution in [3.05, 3.63) is 65.3 Å². The minimum Gasteiger partial charge on any atom is -0.353 e. The molecule has 1 aliphatic rings. The number of para-hydroxylation sites is 1. The summed E-state index contributed by atoms with van der Waals surface area (Å²) in [6, 6.07) is 13.5. The van der Waals surface area contributed by atoms with Gasteiger partial charge in [-0.25, -0.2) is 14.8 Å². The Labute approximate surface area is 197 Å². The van der Waals surface area contributed by atoms with Crippen LogP contribution in [0.4, 0.5) is 21.4 Å². The Balaban J connectivity index is 1.27. The SMILES string of the molecule is CC(C)c1ccccc1NC(=O)Cc1csc(NC(=O)N2CCN(c3ccccn3)CC2)n1. The molecule has 4 rings (SSSR count). The van der Waals surface area contributed by atoms with Gasteiger partial charge in [0.1, 0.15) is 5.82 Å². The van der Waals surface area contributed by atoms with Gasteiger partial charge in [-0.3, -0.25) is 10.1 Å². The van der Waals surface area contributed by atoms with Crippen molar-refractivity contribution in [1.29, 1.82) is 0 Å². The fourth-order valence-electron chi connectivity index (χ4n) is 3.77. The molecule has 0 atom stereocenters. The van der Waals surface area contributed by atoms with Gasteiger partial charge in [0.25, 0.3) is 0 Å². The van der Waals surface area contributed by atoms with Crippen molar-refractivity contribution in [2.75, 3.05) is 41.7 Å². The van der Waals surface area contributed by atoms with Gasteiger partial charge in [-0.2, -0.15) is 0 Å². The molecule has 0 spiro atoms. The number of carbonyl (C=O) groups is 2. The topological polar surface area (TPSA) is 90.5 Å². The van der Waals surface area contributed by atoms with E-state index in [-0.39, 0.29) is 18.4 Å². The van der Waals surface area contributed by atoms with E-state index in [1.54, 1.807) is 11.1 Å². The van der Waals surface area contributed by atoms with Gasteiger partial charge >= 0.3 is 6.03 Å². The maximum Gasteiger partial charge on any atom is 0.323 e. The lowest BCUT2D eigenvalue weighted by Gasteiger charge is -2.35. The van der Waals surface area contributed by atoms with Gasteiger partial charge in [-0.1, -0.05) is 38.1 Å². The van der Waals surface area contributed by atoms with Crippen LogP contribution >= 0.6 is 11.3 Å². The first-order valence-electron chi connectivity index (χ1n) is 11.0. The number of urea groups is 1. The largest absolute Gasteiger partial charge is 0.353 e. The molecule has 8 nitrogen and oxygen atoms in total. The lowest BCUT2D eigenvalue weighted by atomic mass is 10.0. The molecule has 1 aromatic carbocycles. The molecule has 0 bridgehead atoms. The van der Waals surface area contributed by atoms with Gasteiger partial charge in [0, 0.05) is 43.4 Å². The number of benzene rings is 1. The number of piperazine rings is 1. The summed E-state index contributed by atoms with van der Waals surface area (Å²) in [5.74, 6) is 1.11. The molecule has 0 saturated carbocycles. The van der Waals surface area contributed by atoms with Crippen molar-refractivity contribution >= 4 is 39.9 Å². The highest BCUT2D eigenvalue weighted by molar-refractivity contribution is 7.13. The number of carbonyl (C=O) groups excluding carboxylic acids is 2. The van der Waals surface area contributed by atoms with Crippen molar-refractivity contribution in [1.82, 2.24) is 14.9 Å². The zero-order valence-corrected chi connectivity index (χ0v) is 19.6. The Morgan fingerprint density at radius 2 is 1.79 bits per heavy atom. The molecule has 172 valence electrons. The van der Waals surface area contributed by atoms with Gasteiger partial charge in [0.05, 0.1) is 12.1 Å². The molecular weight excluding hydrogens is 436 g/mol. The summed E-state index contributed by atoms with van der Waals surface area (Å²) >= 11 is 1.33. The van der Waals surface area contributed by atoms with Crippen LogP contribution in [-0.4, -0.2) is 53.0 Å². The highest BCUT2D eigenvalue weighted by atomic mass is 32.1. The van der Waals surface area contributed by atoms with E-state index < -0.39 is 0 Å². The Morgan fingerprint density at radius 3 is 2.52 bits per heavy atom. The summed E-state index contributed by atoms with van der Waals surface area (Å²) in [7, 11) is 0. The Kier molecular flexibility index (Phi) is 7.19. The number of amides is 3. The average molecular weight is 465 g/mol. The average Bonchev–Trinajstić information content (AvgIpc) is 3.26.